The zero-order chi connectivity index (χ0) is 58.7. The number of carboxylic acid groups (broad SMARTS) is 2. The second-order valence-electron chi connectivity index (χ2n) is 18.9. The van der Waals surface area contributed by atoms with Gasteiger partial charge in [-0.1, -0.05) is 46.9 Å². The van der Waals surface area contributed by atoms with Crippen LogP contribution in [-0.2, 0) is 55.5 Å². The molecule has 6 amide bonds. The number of hydrogen-bond acceptors (Lipinski definition) is 16. The predicted octanol–water partition coefficient (Wildman–Crippen LogP) is 3.91. The fraction of sp³-hybridized carbons (Fsp3) is 0.288. The average molecular weight is 1210 g/mol. The van der Waals surface area contributed by atoms with Gasteiger partial charge in [0.1, 0.15) is 45.3 Å². The summed E-state index contributed by atoms with van der Waals surface area (Å²) < 4.78 is 36.1. The normalized spacial score (nSPS) is 16.3. The van der Waals surface area contributed by atoms with Crippen LogP contribution in [0.3, 0.4) is 0 Å². The maximum absolute atomic E-state index is 13.9. The number of phenolic OH excluding ortho intramolecular Hbond substituents is 2. The zero-order valence-corrected chi connectivity index (χ0v) is 45.9. The fourth-order valence-electron chi connectivity index (χ4n) is 9.59. The molecule has 0 aliphatic carbocycles. The van der Waals surface area contributed by atoms with E-state index in [4.69, 9.17) is 49.4 Å². The van der Waals surface area contributed by atoms with E-state index in [2.05, 4.69) is 26.6 Å². The minimum Gasteiger partial charge on any atom is -0.508 e. The van der Waals surface area contributed by atoms with E-state index < -0.39 is 122 Å². The number of likely N-dealkylation sites (tertiary alicyclic amines) is 1. The molecule has 0 radical (unpaired) electrons. The number of aliphatic carboxylic acids is 2. The number of unbranched alkanes of at least 4 members (excludes halogenated alkanes) is 1. The third-order valence-electron chi connectivity index (χ3n) is 13.3. The Morgan fingerprint density at radius 1 is 0.778 bits per heavy atom. The van der Waals surface area contributed by atoms with Crippen molar-refractivity contribution in [2.45, 2.75) is 78.9 Å². The zero-order valence-electron chi connectivity index (χ0n) is 42.0. The summed E-state index contributed by atoms with van der Waals surface area (Å²) in [5.74, 6) is -8.66. The van der Waals surface area contributed by atoms with Gasteiger partial charge in [-0.15, -0.1) is 11.3 Å². The number of amides is 6. The summed E-state index contributed by atoms with van der Waals surface area (Å²) in [4.78, 5) is 119. The Kier molecular flexibility index (Phi) is 17.8. The van der Waals surface area contributed by atoms with Crippen LogP contribution >= 0.6 is 46.1 Å². The minimum atomic E-state index is -4.46. The molecule has 4 aromatic carbocycles. The molecule has 0 bridgehead atoms. The Morgan fingerprint density at radius 2 is 1.43 bits per heavy atom. The van der Waals surface area contributed by atoms with Gasteiger partial charge in [0, 0.05) is 76.5 Å². The molecule has 1 saturated heterocycles. The maximum Gasteiger partial charge on any atom is 0.340 e. The van der Waals surface area contributed by atoms with E-state index in [0.717, 1.165) is 11.0 Å². The van der Waals surface area contributed by atoms with Crippen LogP contribution in [0.4, 0.5) is 0 Å². The van der Waals surface area contributed by atoms with Crippen LogP contribution in [0, 0.1) is 0 Å². The Bertz CT molecular complexity index is 3490. The molecule has 4 atom stereocenters. The molecule has 4 heterocycles. The predicted molar refractivity (Wildman–Crippen MR) is 288 cm³/mol. The SMILES string of the molecule is NS(=O)(=O)c1sc(Cl)cc1C(=O)N1C[C@H](NC(=O)Cc2ccc(Cl)cc2Cl)C[C@@H]1C(=O)NCCC(=O)N[C@@H](CC(=O)N[C@@H](CCCCNC(=O)c1ccc2c(c1)C(=O)OC21c2ccc(O)cc2Oc2cc(O)ccc21)C(=O)O)C(=O)O. The van der Waals surface area contributed by atoms with Crippen molar-refractivity contribution in [1.82, 2.24) is 31.5 Å². The summed E-state index contributed by atoms with van der Waals surface area (Å²) >= 11 is 18.8. The number of fused-ring (bicyclic) bond motifs is 6. The molecule has 0 unspecified atom stereocenters. The van der Waals surface area contributed by atoms with Gasteiger partial charge in [-0.05, 0) is 85.8 Å². The lowest BCUT2D eigenvalue weighted by atomic mass is 9.77. The van der Waals surface area contributed by atoms with Gasteiger partial charge < -0.3 is 61.4 Å². The number of primary sulfonamides is 1. The summed E-state index contributed by atoms with van der Waals surface area (Å²) in [7, 11) is -4.46. The first-order chi connectivity index (χ1) is 38.3. The van der Waals surface area contributed by atoms with E-state index in [1.165, 1.54) is 48.5 Å². The summed E-state index contributed by atoms with van der Waals surface area (Å²) in [6.07, 6.45) is -1.62. The smallest absolute Gasteiger partial charge is 0.340 e. The second kappa shape index (κ2) is 24.4. The summed E-state index contributed by atoms with van der Waals surface area (Å²) in [5, 5.41) is 58.3. The number of carbonyl (C=O) groups is 9. The lowest BCUT2D eigenvalue weighted by molar-refractivity contribution is -0.144. The largest absolute Gasteiger partial charge is 0.508 e. The third kappa shape index (κ3) is 13.3. The highest BCUT2D eigenvalue weighted by Crippen LogP contribution is 2.57. The van der Waals surface area contributed by atoms with Crippen LogP contribution in [-0.4, -0.2) is 131 Å². The Balaban J connectivity index is 0.809. The Morgan fingerprint density at radius 3 is 2.07 bits per heavy atom. The number of sulfonamides is 1. The van der Waals surface area contributed by atoms with Crippen molar-refractivity contribution in [1.29, 1.82) is 0 Å². The van der Waals surface area contributed by atoms with Gasteiger partial charge in [0.15, 0.2) is 5.60 Å². The van der Waals surface area contributed by atoms with Crippen LogP contribution in [0.2, 0.25) is 14.4 Å². The standard InChI is InChI=1S/C52H48Cl3N7O17S2/c53-26-6-4-24(35(54)17-26)16-43(66)59-27-18-38(62(23-27)47(70)31-21-41(55)80-51(31)81(56,76)77)46(69)58-14-12-42(65)61-37(49(73)74)22-44(67)60-36(48(71)72)3-1-2-13-57-45(68)25-5-9-32-30(15-25)50(75)79-52(32)33-10-7-28(63)19-39(33)78-40-20-29(64)8-11-34(40)52/h4-11,15,17,19-21,27,36-38,63-64H,1-3,12-14,16,18,22-23H2,(H,57,68)(H,58,69)(H,59,66)(H,60,67)(H,61,65)(H,71,72)(H,73,74)(H2,56,76,77)/t27-,36+,37+,38-/m1/s1. The number of nitrogens with two attached hydrogens (primary N) is 1. The van der Waals surface area contributed by atoms with E-state index in [0.29, 0.717) is 38.6 Å². The third-order valence-corrected chi connectivity index (χ3v) is 16.6. The van der Waals surface area contributed by atoms with Gasteiger partial charge in [-0.3, -0.25) is 28.8 Å². The number of phenols is 2. The monoisotopic (exact) mass is 1210 g/mol. The van der Waals surface area contributed by atoms with Crippen LogP contribution in [0.5, 0.6) is 23.0 Å². The van der Waals surface area contributed by atoms with Crippen molar-refractivity contribution in [3.05, 3.63) is 132 Å². The van der Waals surface area contributed by atoms with E-state index in [-0.39, 0.29) is 88.7 Å². The number of thiophene rings is 1. The van der Waals surface area contributed by atoms with Crippen molar-refractivity contribution in [2.75, 3.05) is 19.6 Å². The molecule has 3 aliphatic heterocycles. The van der Waals surface area contributed by atoms with Gasteiger partial charge in [0.2, 0.25) is 33.7 Å². The van der Waals surface area contributed by atoms with Crippen molar-refractivity contribution in [3.63, 3.8) is 0 Å². The van der Waals surface area contributed by atoms with Crippen LogP contribution in [0.1, 0.15) is 91.9 Å². The molecule has 5 aromatic rings. The van der Waals surface area contributed by atoms with Crippen LogP contribution in [0.25, 0.3) is 0 Å². The number of nitrogens with zero attached hydrogens (tertiary/aromatic N) is 1. The Hall–Kier alpha value is -8.01. The number of carboxylic acids is 2. The van der Waals surface area contributed by atoms with Crippen molar-refractivity contribution in [2.24, 2.45) is 5.14 Å². The molecule has 81 heavy (non-hydrogen) atoms. The van der Waals surface area contributed by atoms with Gasteiger partial charge in [0.05, 0.1) is 28.3 Å². The number of aromatic hydroxyl groups is 2. The molecule has 426 valence electrons. The van der Waals surface area contributed by atoms with Crippen molar-refractivity contribution < 1.29 is 81.5 Å². The topological polar surface area (TPSA) is 377 Å². The number of ether oxygens (including phenoxy) is 2. The first-order valence-electron chi connectivity index (χ1n) is 24.5. The number of carbonyl (C=O) groups excluding carboxylic acids is 7. The molecule has 1 fully saturated rings. The van der Waals surface area contributed by atoms with Gasteiger partial charge >= 0.3 is 17.9 Å². The van der Waals surface area contributed by atoms with Gasteiger partial charge in [0.25, 0.3) is 11.8 Å². The fourth-order valence-corrected chi connectivity index (χ4v) is 12.3. The van der Waals surface area contributed by atoms with Crippen LogP contribution < -0.4 is 36.5 Å². The summed E-state index contributed by atoms with van der Waals surface area (Å²) in [6.45, 7) is -0.688. The van der Waals surface area contributed by atoms with Gasteiger partial charge in [-0.2, -0.15) is 0 Å². The molecule has 29 heteroatoms. The molecule has 1 spiro atoms. The van der Waals surface area contributed by atoms with E-state index in [9.17, 15) is 72.0 Å². The molecular formula is C52H48Cl3N7O17S2. The Labute approximate surface area is 478 Å². The first-order valence-corrected chi connectivity index (χ1v) is 28.0. The molecule has 3 aliphatic rings. The molecular weight excluding hydrogens is 1170 g/mol. The number of halogens is 3. The number of nitrogens with one attached hydrogen (secondary N) is 5. The highest BCUT2D eigenvalue weighted by atomic mass is 35.5. The van der Waals surface area contributed by atoms with Crippen LogP contribution in [0.15, 0.2) is 83.1 Å². The number of hydrogen-bond donors (Lipinski definition) is 10. The lowest BCUT2D eigenvalue weighted by Crippen LogP contribution is -2.48. The number of esters is 1. The first kappa shape index (κ1) is 59.1. The summed E-state index contributed by atoms with van der Waals surface area (Å²) in [5.41, 5.74) is -0.202. The van der Waals surface area contributed by atoms with Crippen molar-refractivity contribution >= 4 is 110 Å². The summed E-state index contributed by atoms with van der Waals surface area (Å²) in [6, 6.07) is 13.0. The van der Waals surface area contributed by atoms with Crippen molar-refractivity contribution in [3.8, 4) is 23.0 Å². The van der Waals surface area contributed by atoms with E-state index in [1.807, 2.05) is 0 Å². The molecule has 1 aromatic heterocycles. The van der Waals surface area contributed by atoms with Gasteiger partial charge in [-0.25, -0.2) is 27.9 Å². The lowest BCUT2D eigenvalue weighted by Gasteiger charge is -2.36. The number of benzene rings is 4. The quantitative estimate of drug-likeness (QED) is 0.0368. The highest BCUT2D eigenvalue weighted by Gasteiger charge is 2.54. The molecule has 11 N–H and O–H groups in total. The van der Waals surface area contributed by atoms with E-state index >= 15 is 0 Å². The van der Waals surface area contributed by atoms with E-state index in [1.54, 1.807) is 24.3 Å². The second-order valence-corrected chi connectivity index (χ2v) is 23.2. The highest BCUT2D eigenvalue weighted by molar-refractivity contribution is 7.91. The molecule has 0 saturated carbocycles. The maximum atomic E-state index is 13.9. The number of rotatable bonds is 21. The average Bonchev–Trinajstić information content (AvgIpc) is 2.07. The minimum absolute atomic E-state index is 0.0351. The molecule has 8 rings (SSSR count). The molecule has 24 nitrogen and oxygen atoms in total.